The molecule has 1 saturated carbocycles. The third-order valence-electron chi connectivity index (χ3n) is 3.57. The summed E-state index contributed by atoms with van der Waals surface area (Å²) in [6.45, 7) is 17.6. The molecule has 0 aromatic carbocycles. The van der Waals surface area contributed by atoms with Crippen LogP contribution in [-0.2, 0) is 0 Å². The van der Waals surface area contributed by atoms with Crippen molar-refractivity contribution in [2.24, 2.45) is 17.3 Å². The van der Waals surface area contributed by atoms with Crippen LogP contribution in [0.15, 0.2) is 0 Å². The molecule has 0 heteroatoms. The van der Waals surface area contributed by atoms with Crippen molar-refractivity contribution in [1.82, 2.24) is 0 Å². The molecule has 14 heavy (non-hydrogen) atoms. The zero-order valence-electron chi connectivity index (χ0n) is 11.8. The molecule has 1 aliphatic rings. The summed E-state index contributed by atoms with van der Waals surface area (Å²) < 4.78 is 0. The first-order valence-corrected chi connectivity index (χ1v) is 6.54. The Balaban J connectivity index is 0. The lowest BCUT2D eigenvalue weighted by atomic mass is 9.65. The maximum absolute atomic E-state index is 2.41. The zero-order valence-corrected chi connectivity index (χ0v) is 11.8. The van der Waals surface area contributed by atoms with Crippen LogP contribution in [-0.4, -0.2) is 0 Å². The Bertz CT molecular complexity index is 113. The normalized spacial score (nSPS) is 29.1. The van der Waals surface area contributed by atoms with Crippen LogP contribution in [0.5, 0.6) is 0 Å². The van der Waals surface area contributed by atoms with Gasteiger partial charge in [-0.2, -0.15) is 0 Å². The van der Waals surface area contributed by atoms with Gasteiger partial charge >= 0.3 is 0 Å². The first kappa shape index (κ1) is 16.4. The summed E-state index contributed by atoms with van der Waals surface area (Å²) in [5.41, 5.74) is 0.609. The van der Waals surface area contributed by atoms with Crippen LogP contribution in [0.3, 0.4) is 0 Å². The van der Waals surface area contributed by atoms with Gasteiger partial charge in [-0.15, -0.1) is 0 Å². The molecule has 0 radical (unpaired) electrons. The molecule has 0 N–H and O–H groups in total. The highest BCUT2D eigenvalue weighted by molar-refractivity contribution is 4.83. The van der Waals surface area contributed by atoms with Gasteiger partial charge in [0, 0.05) is 0 Å². The van der Waals surface area contributed by atoms with Gasteiger partial charge in [-0.05, 0) is 23.7 Å². The molecule has 88 valence electrons. The second-order valence-electron chi connectivity index (χ2n) is 4.65. The van der Waals surface area contributed by atoms with Crippen molar-refractivity contribution < 1.29 is 0 Å². The first-order valence-electron chi connectivity index (χ1n) is 6.54. The predicted octanol–water partition coefficient (Wildman–Crippen LogP) is 5.52. The van der Waals surface area contributed by atoms with Gasteiger partial charge in [-0.25, -0.2) is 0 Å². The van der Waals surface area contributed by atoms with E-state index in [2.05, 4.69) is 27.7 Å². The van der Waals surface area contributed by atoms with Crippen LogP contribution in [0.25, 0.3) is 0 Å². The van der Waals surface area contributed by atoms with E-state index in [1.807, 2.05) is 27.7 Å². The van der Waals surface area contributed by atoms with Gasteiger partial charge in [0.25, 0.3) is 0 Å². The van der Waals surface area contributed by atoms with Crippen LogP contribution < -0.4 is 0 Å². The SMILES string of the molecule is CC.CC.CC1CCCC(C)(C)C1C. The smallest absolute Gasteiger partial charge is 0.0326 e. The zero-order chi connectivity index (χ0) is 11.8. The lowest BCUT2D eigenvalue weighted by Gasteiger charge is -2.40. The Morgan fingerprint density at radius 2 is 1.36 bits per heavy atom. The molecular weight excluding hydrogens is 168 g/mol. The van der Waals surface area contributed by atoms with Crippen LogP contribution in [0.2, 0.25) is 0 Å². The van der Waals surface area contributed by atoms with E-state index >= 15 is 0 Å². The molecule has 1 aliphatic carbocycles. The van der Waals surface area contributed by atoms with E-state index in [4.69, 9.17) is 0 Å². The minimum absolute atomic E-state index is 0.609. The van der Waals surface area contributed by atoms with Gasteiger partial charge in [0.1, 0.15) is 0 Å². The summed E-state index contributed by atoms with van der Waals surface area (Å²) in [7, 11) is 0. The second kappa shape index (κ2) is 8.32. The highest BCUT2D eigenvalue weighted by Crippen LogP contribution is 2.43. The van der Waals surface area contributed by atoms with Crippen molar-refractivity contribution in [1.29, 1.82) is 0 Å². The van der Waals surface area contributed by atoms with Crippen LogP contribution in [0, 0.1) is 17.3 Å². The first-order chi connectivity index (χ1) is 6.54. The van der Waals surface area contributed by atoms with Gasteiger partial charge in [-0.1, -0.05) is 68.2 Å². The second-order valence-corrected chi connectivity index (χ2v) is 4.65. The fourth-order valence-electron chi connectivity index (χ4n) is 2.13. The number of rotatable bonds is 0. The Hall–Kier alpha value is 0. The Labute approximate surface area is 92.5 Å². The van der Waals surface area contributed by atoms with E-state index in [9.17, 15) is 0 Å². The van der Waals surface area contributed by atoms with E-state index in [0.717, 1.165) is 11.8 Å². The number of hydrogen-bond acceptors (Lipinski definition) is 0. The minimum atomic E-state index is 0.609. The summed E-state index contributed by atoms with van der Waals surface area (Å²) in [5, 5.41) is 0. The summed E-state index contributed by atoms with van der Waals surface area (Å²) >= 11 is 0. The average Bonchev–Trinajstić information content (AvgIpc) is 2.20. The standard InChI is InChI=1S/C10H20.2C2H6/c1-8-6-5-7-10(3,4)9(8)2;2*1-2/h8-9H,5-7H2,1-4H3;2*1-2H3. The fourth-order valence-corrected chi connectivity index (χ4v) is 2.13. The van der Waals surface area contributed by atoms with Gasteiger partial charge in [0.15, 0.2) is 0 Å². The van der Waals surface area contributed by atoms with E-state index < -0.39 is 0 Å². The lowest BCUT2D eigenvalue weighted by Crippen LogP contribution is -2.31. The molecular formula is C14H32. The molecule has 0 nitrogen and oxygen atoms in total. The molecule has 0 aromatic rings. The predicted molar refractivity (Wildman–Crippen MR) is 68.7 cm³/mol. The fraction of sp³-hybridized carbons (Fsp3) is 1.00. The van der Waals surface area contributed by atoms with Crippen LogP contribution in [0.4, 0.5) is 0 Å². The maximum atomic E-state index is 2.41. The summed E-state index contributed by atoms with van der Waals surface area (Å²) in [4.78, 5) is 0. The van der Waals surface area contributed by atoms with Crippen molar-refractivity contribution in [2.75, 3.05) is 0 Å². The van der Waals surface area contributed by atoms with Gasteiger partial charge < -0.3 is 0 Å². The molecule has 0 spiro atoms. The van der Waals surface area contributed by atoms with Crippen LogP contribution in [0.1, 0.15) is 74.7 Å². The molecule has 0 bridgehead atoms. The van der Waals surface area contributed by atoms with E-state index in [1.165, 1.54) is 19.3 Å². The van der Waals surface area contributed by atoms with E-state index in [0.29, 0.717) is 5.41 Å². The largest absolute Gasteiger partial charge is 0.0683 e. The minimum Gasteiger partial charge on any atom is -0.0683 e. The third kappa shape index (κ3) is 5.02. The molecule has 0 aromatic heterocycles. The highest BCUT2D eigenvalue weighted by Gasteiger charge is 2.32. The van der Waals surface area contributed by atoms with Gasteiger partial charge in [0.2, 0.25) is 0 Å². The van der Waals surface area contributed by atoms with Crippen molar-refractivity contribution in [3.05, 3.63) is 0 Å². The topological polar surface area (TPSA) is 0 Å². The summed E-state index contributed by atoms with van der Waals surface area (Å²) in [5.74, 6) is 1.87. The Morgan fingerprint density at radius 1 is 0.929 bits per heavy atom. The van der Waals surface area contributed by atoms with E-state index in [1.54, 1.807) is 0 Å². The van der Waals surface area contributed by atoms with E-state index in [-0.39, 0.29) is 0 Å². The molecule has 1 rings (SSSR count). The van der Waals surface area contributed by atoms with Crippen molar-refractivity contribution in [3.63, 3.8) is 0 Å². The molecule has 0 heterocycles. The summed E-state index contributed by atoms with van der Waals surface area (Å²) in [6.07, 6.45) is 4.32. The molecule has 0 aliphatic heterocycles. The number of hydrogen-bond donors (Lipinski definition) is 0. The third-order valence-corrected chi connectivity index (χ3v) is 3.57. The quantitative estimate of drug-likeness (QED) is 0.483. The lowest BCUT2D eigenvalue weighted by molar-refractivity contribution is 0.0996. The molecule has 1 fully saturated rings. The molecule has 2 unspecified atom stereocenters. The van der Waals surface area contributed by atoms with Crippen molar-refractivity contribution in [2.45, 2.75) is 74.7 Å². The summed E-state index contributed by atoms with van der Waals surface area (Å²) in [6, 6.07) is 0. The monoisotopic (exact) mass is 200 g/mol. The van der Waals surface area contributed by atoms with Crippen molar-refractivity contribution in [3.8, 4) is 0 Å². The molecule has 2 atom stereocenters. The van der Waals surface area contributed by atoms with Crippen LogP contribution >= 0.6 is 0 Å². The maximum Gasteiger partial charge on any atom is -0.0326 e. The molecule has 0 saturated heterocycles. The highest BCUT2D eigenvalue weighted by atomic mass is 14.4. The van der Waals surface area contributed by atoms with Crippen molar-refractivity contribution >= 4 is 0 Å². The van der Waals surface area contributed by atoms with Gasteiger partial charge in [0.05, 0.1) is 0 Å². The average molecular weight is 200 g/mol. The Kier molecular flexibility index (Phi) is 9.76. The van der Waals surface area contributed by atoms with Gasteiger partial charge in [-0.3, -0.25) is 0 Å². The Morgan fingerprint density at radius 3 is 1.64 bits per heavy atom. The molecule has 0 amide bonds.